The second-order valence-corrected chi connectivity index (χ2v) is 15.6. The van der Waals surface area contributed by atoms with Crippen molar-refractivity contribution in [1.82, 2.24) is 15.0 Å². The van der Waals surface area contributed by atoms with E-state index < -0.39 is 0 Å². The van der Waals surface area contributed by atoms with E-state index in [1.165, 1.54) is 27.8 Å². The summed E-state index contributed by atoms with van der Waals surface area (Å²) in [5.41, 5.74) is 16.5. The lowest BCUT2D eigenvalue weighted by atomic mass is 9.82. The summed E-state index contributed by atoms with van der Waals surface area (Å²) < 4.78 is 6.53. The van der Waals surface area contributed by atoms with E-state index in [1.54, 1.807) is 0 Å². The van der Waals surface area contributed by atoms with E-state index in [0.29, 0.717) is 17.5 Å². The first-order valence-electron chi connectivity index (χ1n) is 19.8. The Labute approximate surface area is 337 Å². The van der Waals surface area contributed by atoms with Gasteiger partial charge in [-0.3, -0.25) is 0 Å². The largest absolute Gasteiger partial charge is 0.456 e. The molecule has 8 aromatic carbocycles. The van der Waals surface area contributed by atoms with Crippen molar-refractivity contribution in [2.24, 2.45) is 0 Å². The Morgan fingerprint density at radius 3 is 1.66 bits per heavy atom. The van der Waals surface area contributed by atoms with E-state index in [2.05, 4.69) is 178 Å². The third-order valence-corrected chi connectivity index (χ3v) is 11.8. The summed E-state index contributed by atoms with van der Waals surface area (Å²) in [6.07, 6.45) is 0. The van der Waals surface area contributed by atoms with Gasteiger partial charge in [0.1, 0.15) is 11.2 Å². The molecule has 0 bridgehead atoms. The number of furan rings is 1. The molecular formula is C54H37N3O. The summed E-state index contributed by atoms with van der Waals surface area (Å²) in [5, 5.41) is 2.00. The summed E-state index contributed by atoms with van der Waals surface area (Å²) in [6.45, 7) is 4.64. The van der Waals surface area contributed by atoms with Gasteiger partial charge in [0.25, 0.3) is 0 Å². The highest BCUT2D eigenvalue weighted by molar-refractivity contribution is 6.13. The van der Waals surface area contributed by atoms with Crippen LogP contribution in [0.3, 0.4) is 0 Å². The summed E-state index contributed by atoms with van der Waals surface area (Å²) in [4.78, 5) is 15.6. The van der Waals surface area contributed by atoms with Crippen LogP contribution in [0, 0.1) is 0 Å². The zero-order valence-corrected chi connectivity index (χ0v) is 32.1. The molecule has 4 nitrogen and oxygen atoms in total. The number of benzene rings is 8. The molecule has 11 rings (SSSR count). The molecular weight excluding hydrogens is 707 g/mol. The third kappa shape index (κ3) is 5.64. The maximum atomic E-state index is 6.53. The number of hydrogen-bond acceptors (Lipinski definition) is 4. The van der Waals surface area contributed by atoms with E-state index in [9.17, 15) is 0 Å². The molecule has 0 saturated carbocycles. The van der Waals surface area contributed by atoms with E-state index in [4.69, 9.17) is 19.4 Å². The molecule has 274 valence electrons. The van der Waals surface area contributed by atoms with Gasteiger partial charge in [-0.2, -0.15) is 0 Å². The number of fused-ring (bicyclic) bond motifs is 6. The quantitative estimate of drug-likeness (QED) is 0.170. The lowest BCUT2D eigenvalue weighted by Gasteiger charge is -2.21. The Hall–Kier alpha value is -7.43. The van der Waals surface area contributed by atoms with Crippen LogP contribution in [0.1, 0.15) is 25.0 Å². The maximum Gasteiger partial charge on any atom is 0.164 e. The lowest BCUT2D eigenvalue weighted by Crippen LogP contribution is -2.14. The van der Waals surface area contributed by atoms with Gasteiger partial charge in [0.2, 0.25) is 0 Å². The lowest BCUT2D eigenvalue weighted by molar-refractivity contribution is 0.660. The molecule has 2 aromatic heterocycles. The van der Waals surface area contributed by atoms with Gasteiger partial charge in [-0.15, -0.1) is 0 Å². The van der Waals surface area contributed by atoms with Crippen LogP contribution in [0.5, 0.6) is 0 Å². The van der Waals surface area contributed by atoms with Gasteiger partial charge < -0.3 is 4.42 Å². The molecule has 0 saturated heterocycles. The van der Waals surface area contributed by atoms with Crippen LogP contribution in [-0.2, 0) is 5.41 Å². The summed E-state index contributed by atoms with van der Waals surface area (Å²) in [6, 6.07) is 66.1. The average molecular weight is 744 g/mol. The van der Waals surface area contributed by atoms with E-state index >= 15 is 0 Å². The fourth-order valence-corrected chi connectivity index (χ4v) is 8.76. The van der Waals surface area contributed by atoms with Gasteiger partial charge in [-0.05, 0) is 86.0 Å². The van der Waals surface area contributed by atoms with Crippen LogP contribution in [0.25, 0.3) is 101 Å². The van der Waals surface area contributed by atoms with Crippen molar-refractivity contribution in [2.75, 3.05) is 0 Å². The first kappa shape index (κ1) is 33.9. The first-order valence-corrected chi connectivity index (χ1v) is 19.8. The van der Waals surface area contributed by atoms with Crippen LogP contribution in [0.2, 0.25) is 0 Å². The second kappa shape index (κ2) is 13.4. The first-order chi connectivity index (χ1) is 28.5. The van der Waals surface area contributed by atoms with Crippen LogP contribution in [-0.4, -0.2) is 15.0 Å². The van der Waals surface area contributed by atoms with Crippen LogP contribution < -0.4 is 0 Å². The number of rotatable bonds is 6. The predicted molar refractivity (Wildman–Crippen MR) is 237 cm³/mol. The maximum absolute atomic E-state index is 6.53. The number of aromatic nitrogens is 3. The molecule has 58 heavy (non-hydrogen) atoms. The van der Waals surface area contributed by atoms with Crippen molar-refractivity contribution in [2.45, 2.75) is 19.3 Å². The molecule has 0 amide bonds. The molecule has 0 N–H and O–H groups in total. The van der Waals surface area contributed by atoms with Crippen molar-refractivity contribution in [3.05, 3.63) is 199 Å². The molecule has 0 radical (unpaired) electrons. The SMILES string of the molecule is CC1(C)c2ccccc2-c2cc(-c3ccc4oc5cccc(-c6nc(-c7ccc(-c8ccccc8)cc7)nc(-c7cccc(-c8ccccc8)c7)n6)c5c4c3)ccc21. The topological polar surface area (TPSA) is 51.8 Å². The molecule has 10 aromatic rings. The van der Waals surface area contributed by atoms with Gasteiger partial charge in [0.05, 0.1) is 0 Å². The number of nitrogens with zero attached hydrogens (tertiary/aromatic N) is 3. The van der Waals surface area contributed by atoms with Gasteiger partial charge in [-0.1, -0.05) is 172 Å². The highest BCUT2D eigenvalue weighted by Gasteiger charge is 2.35. The van der Waals surface area contributed by atoms with Crippen molar-refractivity contribution in [1.29, 1.82) is 0 Å². The minimum Gasteiger partial charge on any atom is -0.456 e. The van der Waals surface area contributed by atoms with Crippen LogP contribution >= 0.6 is 0 Å². The zero-order valence-electron chi connectivity index (χ0n) is 32.1. The fourth-order valence-electron chi connectivity index (χ4n) is 8.76. The fraction of sp³-hybridized carbons (Fsp3) is 0.0556. The van der Waals surface area contributed by atoms with Crippen LogP contribution in [0.4, 0.5) is 0 Å². The third-order valence-electron chi connectivity index (χ3n) is 11.8. The molecule has 1 aliphatic carbocycles. The molecule has 4 heteroatoms. The Bertz CT molecular complexity index is 3180. The standard InChI is InChI=1S/C54H37N3O/c1-54(2)46-21-10-9-19-42(46)44-32-39(27-29-47(44)54)40-28-30-48-45(33-40)50-43(20-12-22-49(50)58-48)53-56-51(37-25-23-36(24-26-37)34-13-5-3-6-14-34)55-52(57-53)41-18-11-17-38(31-41)35-15-7-4-8-16-35/h3-33H,1-2H3. The average Bonchev–Trinajstić information content (AvgIpc) is 3.78. The van der Waals surface area contributed by atoms with E-state index in [-0.39, 0.29) is 5.41 Å². The summed E-state index contributed by atoms with van der Waals surface area (Å²) >= 11 is 0. The van der Waals surface area contributed by atoms with E-state index in [1.807, 2.05) is 24.3 Å². The Morgan fingerprint density at radius 1 is 0.345 bits per heavy atom. The molecule has 0 atom stereocenters. The summed E-state index contributed by atoms with van der Waals surface area (Å²) in [7, 11) is 0. The van der Waals surface area contributed by atoms with Crippen molar-refractivity contribution in [3.63, 3.8) is 0 Å². The van der Waals surface area contributed by atoms with E-state index in [0.717, 1.165) is 66.4 Å². The summed E-state index contributed by atoms with van der Waals surface area (Å²) in [5.74, 6) is 1.81. The highest BCUT2D eigenvalue weighted by Crippen LogP contribution is 2.50. The Kier molecular flexibility index (Phi) is 7.80. The van der Waals surface area contributed by atoms with Gasteiger partial charge >= 0.3 is 0 Å². The van der Waals surface area contributed by atoms with Gasteiger partial charge in [-0.25, -0.2) is 15.0 Å². The predicted octanol–water partition coefficient (Wildman–Crippen LogP) is 14.1. The molecule has 2 heterocycles. The molecule has 0 aliphatic heterocycles. The molecule has 0 fully saturated rings. The highest BCUT2D eigenvalue weighted by atomic mass is 16.3. The molecule has 0 spiro atoms. The minimum atomic E-state index is -0.0425. The minimum absolute atomic E-state index is 0.0425. The smallest absolute Gasteiger partial charge is 0.164 e. The molecule has 1 aliphatic rings. The van der Waals surface area contributed by atoms with Crippen molar-refractivity contribution >= 4 is 21.9 Å². The Balaban J connectivity index is 1.07. The van der Waals surface area contributed by atoms with Crippen molar-refractivity contribution in [3.8, 4) is 78.7 Å². The zero-order chi connectivity index (χ0) is 38.8. The Morgan fingerprint density at radius 2 is 0.862 bits per heavy atom. The van der Waals surface area contributed by atoms with Crippen LogP contribution in [0.15, 0.2) is 192 Å². The monoisotopic (exact) mass is 743 g/mol. The van der Waals surface area contributed by atoms with Gasteiger partial charge in [0, 0.05) is 32.9 Å². The second-order valence-electron chi connectivity index (χ2n) is 15.6. The normalized spacial score (nSPS) is 12.8. The number of hydrogen-bond donors (Lipinski definition) is 0. The van der Waals surface area contributed by atoms with Crippen molar-refractivity contribution < 1.29 is 4.42 Å². The van der Waals surface area contributed by atoms with Gasteiger partial charge in [0.15, 0.2) is 17.5 Å². The molecule has 0 unspecified atom stereocenters.